The third-order valence-electron chi connectivity index (χ3n) is 3.36. The number of nitrogens with one attached hydrogen (secondary N) is 1. The second-order valence-electron chi connectivity index (χ2n) is 6.24. The molecule has 0 saturated heterocycles. The number of hydrogen-bond donors (Lipinski definition) is 1. The highest BCUT2D eigenvalue weighted by Crippen LogP contribution is 2.25. The van der Waals surface area contributed by atoms with E-state index in [1.165, 1.54) is 10.4 Å². The van der Waals surface area contributed by atoms with Crippen molar-refractivity contribution in [3.05, 3.63) is 52.2 Å². The molecule has 0 atom stereocenters. The van der Waals surface area contributed by atoms with Crippen LogP contribution in [0, 0.1) is 0 Å². The fourth-order valence-electron chi connectivity index (χ4n) is 2.03. The lowest BCUT2D eigenvalue weighted by Crippen LogP contribution is -2.27. The lowest BCUT2D eigenvalue weighted by molar-refractivity contribution is -0.118. The van der Waals surface area contributed by atoms with E-state index in [1.54, 1.807) is 23.1 Å². The molecule has 0 aliphatic carbocycles. The predicted molar refractivity (Wildman–Crippen MR) is 96.9 cm³/mol. The van der Waals surface area contributed by atoms with Crippen LogP contribution in [0.1, 0.15) is 31.2 Å². The van der Waals surface area contributed by atoms with E-state index in [9.17, 15) is 4.79 Å². The maximum atomic E-state index is 11.8. The quantitative estimate of drug-likeness (QED) is 0.789. The van der Waals surface area contributed by atoms with Crippen molar-refractivity contribution in [3.8, 4) is 0 Å². The first-order valence-corrected chi connectivity index (χ1v) is 9.34. The van der Waals surface area contributed by atoms with Crippen LogP contribution in [0.25, 0.3) is 0 Å². The minimum atomic E-state index is 0.0986. The first kappa shape index (κ1) is 17.1. The third kappa shape index (κ3) is 5.50. The molecule has 22 heavy (non-hydrogen) atoms. The van der Waals surface area contributed by atoms with Crippen LogP contribution in [0.2, 0.25) is 0 Å². The van der Waals surface area contributed by atoms with Gasteiger partial charge in [0.2, 0.25) is 5.91 Å². The van der Waals surface area contributed by atoms with Crippen LogP contribution in [-0.4, -0.2) is 18.2 Å². The van der Waals surface area contributed by atoms with Gasteiger partial charge in [-0.2, -0.15) is 0 Å². The maximum Gasteiger partial charge on any atom is 0.230 e. The van der Waals surface area contributed by atoms with Gasteiger partial charge in [-0.1, -0.05) is 39.0 Å². The van der Waals surface area contributed by atoms with Crippen LogP contribution in [-0.2, 0) is 16.6 Å². The molecule has 2 nitrogen and oxygen atoms in total. The molecule has 1 aromatic heterocycles. The summed E-state index contributed by atoms with van der Waals surface area (Å²) in [6.45, 7) is 7.32. The number of rotatable bonds is 6. The van der Waals surface area contributed by atoms with Gasteiger partial charge in [0.15, 0.2) is 0 Å². The number of hydrogen-bond acceptors (Lipinski definition) is 3. The van der Waals surface area contributed by atoms with Crippen molar-refractivity contribution in [1.29, 1.82) is 0 Å². The zero-order chi connectivity index (χ0) is 16.0. The summed E-state index contributed by atoms with van der Waals surface area (Å²) in [6, 6.07) is 12.6. The summed E-state index contributed by atoms with van der Waals surface area (Å²) < 4.78 is 0. The summed E-state index contributed by atoms with van der Waals surface area (Å²) in [6.07, 6.45) is 0.911. The summed E-state index contributed by atoms with van der Waals surface area (Å²) in [5.74, 6) is 0.570. The van der Waals surface area contributed by atoms with Gasteiger partial charge in [-0.15, -0.1) is 23.1 Å². The number of benzene rings is 1. The van der Waals surface area contributed by atoms with E-state index in [0.717, 1.165) is 11.3 Å². The van der Waals surface area contributed by atoms with E-state index < -0.39 is 0 Å². The van der Waals surface area contributed by atoms with Crippen molar-refractivity contribution in [1.82, 2.24) is 5.32 Å². The Morgan fingerprint density at radius 1 is 1.18 bits per heavy atom. The van der Waals surface area contributed by atoms with Gasteiger partial charge >= 0.3 is 0 Å². The van der Waals surface area contributed by atoms with Gasteiger partial charge < -0.3 is 5.32 Å². The summed E-state index contributed by atoms with van der Waals surface area (Å²) in [5, 5.41) is 5.04. The molecular weight excluding hydrogens is 310 g/mol. The third-order valence-corrected chi connectivity index (χ3v) is 5.31. The number of carbonyl (C=O) groups excluding carboxylic acids is 1. The fraction of sp³-hybridized carbons (Fsp3) is 0.389. The maximum absolute atomic E-state index is 11.8. The van der Waals surface area contributed by atoms with E-state index in [-0.39, 0.29) is 11.3 Å². The Bertz CT molecular complexity index is 583. The van der Waals surface area contributed by atoms with Crippen LogP contribution in [0.3, 0.4) is 0 Å². The van der Waals surface area contributed by atoms with Crippen LogP contribution >= 0.6 is 23.1 Å². The van der Waals surface area contributed by atoms with Crippen molar-refractivity contribution < 1.29 is 4.79 Å². The number of thioether (sulfide) groups is 1. The number of amides is 1. The standard InChI is InChI=1S/C18H23NOS2/c1-18(2,3)14-6-8-16(9-7-14)22-13-17(20)19-11-10-15-5-4-12-21-15/h4-9,12H,10-11,13H2,1-3H3,(H,19,20). The fourth-order valence-corrected chi connectivity index (χ4v) is 3.47. The Morgan fingerprint density at radius 3 is 2.50 bits per heavy atom. The average Bonchev–Trinajstić information content (AvgIpc) is 2.98. The van der Waals surface area contributed by atoms with E-state index >= 15 is 0 Å². The molecule has 0 aliphatic heterocycles. The second kappa shape index (κ2) is 7.84. The molecule has 0 spiro atoms. The molecule has 1 aromatic carbocycles. The number of thiophene rings is 1. The van der Waals surface area contributed by atoms with Crippen molar-refractivity contribution in [2.75, 3.05) is 12.3 Å². The second-order valence-corrected chi connectivity index (χ2v) is 8.32. The van der Waals surface area contributed by atoms with E-state index in [4.69, 9.17) is 0 Å². The normalized spacial score (nSPS) is 11.4. The van der Waals surface area contributed by atoms with Crippen molar-refractivity contribution in [2.24, 2.45) is 0 Å². The zero-order valence-corrected chi connectivity index (χ0v) is 15.0. The Balaban J connectivity index is 1.71. The van der Waals surface area contributed by atoms with Crippen LogP contribution < -0.4 is 5.32 Å². The first-order chi connectivity index (χ1) is 10.4. The van der Waals surface area contributed by atoms with Gasteiger partial charge in [0.25, 0.3) is 0 Å². The van der Waals surface area contributed by atoms with Crippen molar-refractivity contribution >= 4 is 29.0 Å². The summed E-state index contributed by atoms with van der Waals surface area (Å²) in [5.41, 5.74) is 1.49. The zero-order valence-electron chi connectivity index (χ0n) is 13.4. The van der Waals surface area contributed by atoms with Crippen molar-refractivity contribution in [2.45, 2.75) is 37.5 Å². The average molecular weight is 334 g/mol. The van der Waals surface area contributed by atoms with Crippen LogP contribution in [0.4, 0.5) is 0 Å². The molecule has 0 bridgehead atoms. The predicted octanol–water partition coefficient (Wildman–Crippen LogP) is 4.50. The molecule has 0 radical (unpaired) electrons. The molecule has 0 aliphatic rings. The summed E-state index contributed by atoms with van der Waals surface area (Å²) in [7, 11) is 0. The summed E-state index contributed by atoms with van der Waals surface area (Å²) >= 11 is 3.32. The molecule has 1 heterocycles. The molecule has 1 N–H and O–H groups in total. The van der Waals surface area contributed by atoms with Gasteiger partial charge in [0.1, 0.15) is 0 Å². The highest BCUT2D eigenvalue weighted by atomic mass is 32.2. The minimum absolute atomic E-state index is 0.0986. The number of carbonyl (C=O) groups is 1. The molecular formula is C18H23NOS2. The molecule has 1 amide bonds. The summed E-state index contributed by atoms with van der Waals surface area (Å²) in [4.78, 5) is 14.3. The van der Waals surface area contributed by atoms with Gasteiger partial charge in [-0.3, -0.25) is 4.79 Å². The minimum Gasteiger partial charge on any atom is -0.355 e. The van der Waals surface area contributed by atoms with E-state index in [2.05, 4.69) is 61.8 Å². The van der Waals surface area contributed by atoms with Gasteiger partial charge in [-0.05, 0) is 41.0 Å². The Hall–Kier alpha value is -1.26. The molecule has 0 fully saturated rings. The Morgan fingerprint density at radius 2 is 1.91 bits per heavy atom. The van der Waals surface area contributed by atoms with Crippen LogP contribution in [0.15, 0.2) is 46.7 Å². The molecule has 0 unspecified atom stereocenters. The van der Waals surface area contributed by atoms with Gasteiger partial charge in [0, 0.05) is 16.3 Å². The molecule has 2 rings (SSSR count). The van der Waals surface area contributed by atoms with Gasteiger partial charge in [0.05, 0.1) is 5.75 Å². The van der Waals surface area contributed by atoms with E-state index in [0.29, 0.717) is 12.3 Å². The monoisotopic (exact) mass is 333 g/mol. The SMILES string of the molecule is CC(C)(C)c1ccc(SCC(=O)NCCc2cccs2)cc1. The topological polar surface area (TPSA) is 29.1 Å². The molecule has 118 valence electrons. The largest absolute Gasteiger partial charge is 0.355 e. The molecule has 0 saturated carbocycles. The Labute approximate surface area is 141 Å². The van der Waals surface area contributed by atoms with Crippen molar-refractivity contribution in [3.63, 3.8) is 0 Å². The van der Waals surface area contributed by atoms with E-state index in [1.807, 2.05) is 6.07 Å². The smallest absolute Gasteiger partial charge is 0.230 e. The lowest BCUT2D eigenvalue weighted by Gasteiger charge is -2.19. The molecule has 4 heteroatoms. The first-order valence-electron chi connectivity index (χ1n) is 7.47. The highest BCUT2D eigenvalue weighted by Gasteiger charge is 2.13. The Kier molecular flexibility index (Phi) is 6.09. The van der Waals surface area contributed by atoms with Gasteiger partial charge in [-0.25, -0.2) is 0 Å². The molecule has 2 aromatic rings. The van der Waals surface area contributed by atoms with Crippen LogP contribution in [0.5, 0.6) is 0 Å². The highest BCUT2D eigenvalue weighted by molar-refractivity contribution is 8.00. The lowest BCUT2D eigenvalue weighted by atomic mass is 9.87.